The van der Waals surface area contributed by atoms with E-state index in [0.717, 1.165) is 19.5 Å². The Bertz CT molecular complexity index is 383. The summed E-state index contributed by atoms with van der Waals surface area (Å²) in [6.07, 6.45) is 2.73. The molecule has 0 bridgehead atoms. The SMILES string of the molecule is Cc1c(O)c(=O)ccn1CCCN(C)C. The van der Waals surface area contributed by atoms with Crippen LogP contribution in [0.5, 0.6) is 5.75 Å². The molecule has 1 rings (SSSR count). The Morgan fingerprint density at radius 3 is 2.73 bits per heavy atom. The van der Waals surface area contributed by atoms with Crippen molar-refractivity contribution >= 4 is 0 Å². The molecule has 1 heterocycles. The summed E-state index contributed by atoms with van der Waals surface area (Å²) in [6, 6.07) is 1.40. The molecule has 0 saturated heterocycles. The van der Waals surface area contributed by atoms with Crippen LogP contribution in [0.15, 0.2) is 17.1 Å². The molecule has 0 aliphatic heterocycles. The molecule has 0 radical (unpaired) electrons. The van der Waals surface area contributed by atoms with Gasteiger partial charge in [-0.2, -0.15) is 0 Å². The molecule has 15 heavy (non-hydrogen) atoms. The van der Waals surface area contributed by atoms with Crippen molar-refractivity contribution in [1.29, 1.82) is 0 Å². The Balaban J connectivity index is 2.70. The van der Waals surface area contributed by atoms with Crippen LogP contribution in [0.3, 0.4) is 0 Å². The fourth-order valence-corrected chi connectivity index (χ4v) is 1.46. The molecule has 4 heteroatoms. The smallest absolute Gasteiger partial charge is 0.223 e. The third-order valence-corrected chi connectivity index (χ3v) is 2.42. The van der Waals surface area contributed by atoms with E-state index >= 15 is 0 Å². The van der Waals surface area contributed by atoms with Gasteiger partial charge in [-0.1, -0.05) is 0 Å². The highest BCUT2D eigenvalue weighted by atomic mass is 16.3. The fourth-order valence-electron chi connectivity index (χ4n) is 1.46. The monoisotopic (exact) mass is 210 g/mol. The zero-order valence-corrected chi connectivity index (χ0v) is 9.53. The summed E-state index contributed by atoms with van der Waals surface area (Å²) < 4.78 is 1.90. The lowest BCUT2D eigenvalue weighted by atomic mass is 10.3. The molecular weight excluding hydrogens is 192 g/mol. The van der Waals surface area contributed by atoms with E-state index in [0.29, 0.717) is 5.69 Å². The molecule has 4 nitrogen and oxygen atoms in total. The molecular formula is C11H18N2O2. The molecule has 0 unspecified atom stereocenters. The van der Waals surface area contributed by atoms with Gasteiger partial charge in [0, 0.05) is 18.8 Å². The summed E-state index contributed by atoms with van der Waals surface area (Å²) in [6.45, 7) is 3.57. The number of aromatic hydroxyl groups is 1. The maximum absolute atomic E-state index is 11.1. The van der Waals surface area contributed by atoms with Crippen molar-refractivity contribution in [3.05, 3.63) is 28.2 Å². The first-order chi connectivity index (χ1) is 7.02. The number of pyridine rings is 1. The number of rotatable bonds is 4. The number of aryl methyl sites for hydroxylation is 1. The van der Waals surface area contributed by atoms with Crippen LogP contribution in [0.1, 0.15) is 12.1 Å². The van der Waals surface area contributed by atoms with Gasteiger partial charge in [-0.05, 0) is 34.0 Å². The average molecular weight is 210 g/mol. The minimum Gasteiger partial charge on any atom is -0.503 e. The maximum Gasteiger partial charge on any atom is 0.223 e. The maximum atomic E-state index is 11.1. The van der Waals surface area contributed by atoms with Gasteiger partial charge >= 0.3 is 0 Å². The van der Waals surface area contributed by atoms with Crippen LogP contribution in [0.4, 0.5) is 0 Å². The summed E-state index contributed by atoms with van der Waals surface area (Å²) in [5.74, 6) is -0.137. The van der Waals surface area contributed by atoms with Crippen LogP contribution in [0.2, 0.25) is 0 Å². The summed E-state index contributed by atoms with van der Waals surface area (Å²) in [4.78, 5) is 13.2. The van der Waals surface area contributed by atoms with Gasteiger partial charge in [0.05, 0.1) is 5.69 Å². The highest BCUT2D eigenvalue weighted by molar-refractivity contribution is 5.25. The zero-order chi connectivity index (χ0) is 11.4. The Kier molecular flexibility index (Phi) is 3.91. The normalized spacial score (nSPS) is 10.9. The third kappa shape index (κ3) is 3.09. The summed E-state index contributed by atoms with van der Waals surface area (Å²) in [5.41, 5.74) is 0.331. The van der Waals surface area contributed by atoms with Gasteiger partial charge in [0.25, 0.3) is 0 Å². The first kappa shape index (κ1) is 11.8. The standard InChI is InChI=1S/C11H18N2O2/c1-9-11(15)10(14)5-8-13(9)7-4-6-12(2)3/h5,8,15H,4,6-7H2,1-3H3. The molecule has 0 aromatic carbocycles. The predicted octanol–water partition coefficient (Wildman–Crippen LogP) is 0.814. The molecule has 1 aromatic rings. The molecule has 0 spiro atoms. The van der Waals surface area contributed by atoms with E-state index in [-0.39, 0.29) is 11.2 Å². The second-order valence-electron chi connectivity index (χ2n) is 3.96. The van der Waals surface area contributed by atoms with Crippen molar-refractivity contribution in [3.63, 3.8) is 0 Å². The molecule has 0 fully saturated rings. The van der Waals surface area contributed by atoms with E-state index < -0.39 is 0 Å². The molecule has 84 valence electrons. The lowest BCUT2D eigenvalue weighted by Crippen LogP contribution is -2.16. The molecule has 0 amide bonds. The van der Waals surface area contributed by atoms with Crippen molar-refractivity contribution in [2.24, 2.45) is 0 Å². The quantitative estimate of drug-likeness (QED) is 0.800. The molecule has 1 aromatic heterocycles. The first-order valence-electron chi connectivity index (χ1n) is 5.06. The van der Waals surface area contributed by atoms with Gasteiger partial charge in [0.15, 0.2) is 5.75 Å². The average Bonchev–Trinajstić information content (AvgIpc) is 2.18. The van der Waals surface area contributed by atoms with E-state index in [1.807, 2.05) is 18.7 Å². The van der Waals surface area contributed by atoms with Crippen LogP contribution in [-0.4, -0.2) is 35.2 Å². The van der Waals surface area contributed by atoms with Crippen molar-refractivity contribution < 1.29 is 5.11 Å². The van der Waals surface area contributed by atoms with Crippen LogP contribution in [0.25, 0.3) is 0 Å². The van der Waals surface area contributed by atoms with E-state index in [4.69, 9.17) is 0 Å². The predicted molar refractivity (Wildman–Crippen MR) is 60.3 cm³/mol. The van der Waals surface area contributed by atoms with Crippen LogP contribution in [0, 0.1) is 6.92 Å². The molecule has 0 aliphatic carbocycles. The van der Waals surface area contributed by atoms with Crippen LogP contribution < -0.4 is 5.43 Å². The first-order valence-corrected chi connectivity index (χ1v) is 5.06. The van der Waals surface area contributed by atoms with Gasteiger partial charge in [-0.15, -0.1) is 0 Å². The summed E-state index contributed by atoms with van der Waals surface area (Å²) in [5, 5.41) is 9.45. The molecule has 0 saturated carbocycles. The van der Waals surface area contributed by atoms with E-state index in [9.17, 15) is 9.90 Å². The lowest BCUT2D eigenvalue weighted by molar-refractivity contribution is 0.382. The van der Waals surface area contributed by atoms with Crippen molar-refractivity contribution in [3.8, 4) is 5.75 Å². The minimum absolute atomic E-state index is 0.137. The van der Waals surface area contributed by atoms with E-state index in [1.54, 1.807) is 13.1 Å². The highest BCUT2D eigenvalue weighted by Crippen LogP contribution is 2.09. The van der Waals surface area contributed by atoms with Gasteiger partial charge in [-0.3, -0.25) is 4.79 Å². The number of hydrogen-bond acceptors (Lipinski definition) is 3. The van der Waals surface area contributed by atoms with Crippen molar-refractivity contribution in [2.75, 3.05) is 20.6 Å². The topological polar surface area (TPSA) is 45.5 Å². The number of nitrogens with zero attached hydrogens (tertiary/aromatic N) is 2. The van der Waals surface area contributed by atoms with Gasteiger partial charge in [0.1, 0.15) is 0 Å². The number of hydrogen-bond donors (Lipinski definition) is 1. The van der Waals surface area contributed by atoms with Crippen LogP contribution >= 0.6 is 0 Å². The Labute approximate surface area is 89.8 Å². The van der Waals surface area contributed by atoms with Crippen LogP contribution in [-0.2, 0) is 6.54 Å². The Hall–Kier alpha value is -1.29. The van der Waals surface area contributed by atoms with Crippen molar-refractivity contribution in [2.45, 2.75) is 19.9 Å². The van der Waals surface area contributed by atoms with Gasteiger partial charge in [-0.25, -0.2) is 0 Å². The third-order valence-electron chi connectivity index (χ3n) is 2.42. The lowest BCUT2D eigenvalue weighted by Gasteiger charge is -2.13. The highest BCUT2D eigenvalue weighted by Gasteiger charge is 2.04. The molecule has 1 N–H and O–H groups in total. The second-order valence-corrected chi connectivity index (χ2v) is 3.96. The van der Waals surface area contributed by atoms with E-state index in [2.05, 4.69) is 4.90 Å². The fraction of sp³-hybridized carbons (Fsp3) is 0.545. The van der Waals surface area contributed by atoms with Gasteiger partial charge < -0.3 is 14.6 Å². The van der Waals surface area contributed by atoms with Gasteiger partial charge in [0.2, 0.25) is 5.43 Å². The summed E-state index contributed by atoms with van der Waals surface area (Å²) in [7, 11) is 4.05. The van der Waals surface area contributed by atoms with Crippen molar-refractivity contribution in [1.82, 2.24) is 9.47 Å². The van der Waals surface area contributed by atoms with E-state index in [1.165, 1.54) is 6.07 Å². The second kappa shape index (κ2) is 4.98. The minimum atomic E-state index is -0.309. The number of aromatic nitrogens is 1. The Morgan fingerprint density at radius 1 is 1.47 bits per heavy atom. The Morgan fingerprint density at radius 2 is 2.13 bits per heavy atom. The largest absolute Gasteiger partial charge is 0.503 e. The molecule has 0 aliphatic rings. The zero-order valence-electron chi connectivity index (χ0n) is 9.53. The summed E-state index contributed by atoms with van der Waals surface area (Å²) >= 11 is 0. The molecule has 0 atom stereocenters.